The Morgan fingerprint density at radius 1 is 1.35 bits per heavy atom. The second-order valence-electron chi connectivity index (χ2n) is 4.80. The van der Waals surface area contributed by atoms with E-state index in [-0.39, 0.29) is 11.2 Å². The third-order valence-electron chi connectivity index (χ3n) is 3.03. The fraction of sp³-hybridized carbons (Fsp3) is 0.214. The van der Waals surface area contributed by atoms with Crippen molar-refractivity contribution in [3.63, 3.8) is 0 Å². The standard InChI is InChI=1S/C14H14N6OS2/c1-9-3-5-11(6-4-9)20-14(17-18-19-20)23-10(2)12(21)16-13-15-7-8-22-13/h3-8,10H,1-2H3,(H,15,16,21)/t10-/m1/s1. The molecule has 1 aromatic carbocycles. The molecule has 2 heterocycles. The molecule has 23 heavy (non-hydrogen) atoms. The van der Waals surface area contributed by atoms with Crippen LogP contribution in [0.25, 0.3) is 5.69 Å². The maximum Gasteiger partial charge on any atom is 0.239 e. The minimum absolute atomic E-state index is 0.136. The number of aryl methyl sites for hydroxylation is 1. The summed E-state index contributed by atoms with van der Waals surface area (Å²) in [4.78, 5) is 16.2. The first-order valence-corrected chi connectivity index (χ1v) is 8.62. The fourth-order valence-corrected chi connectivity index (χ4v) is 3.14. The molecule has 0 bridgehead atoms. The predicted molar refractivity (Wildman–Crippen MR) is 90.0 cm³/mol. The number of thioether (sulfide) groups is 1. The summed E-state index contributed by atoms with van der Waals surface area (Å²) in [7, 11) is 0. The number of amides is 1. The molecule has 0 spiro atoms. The van der Waals surface area contributed by atoms with Crippen LogP contribution < -0.4 is 5.32 Å². The number of carbonyl (C=O) groups excluding carboxylic acids is 1. The molecule has 1 amide bonds. The van der Waals surface area contributed by atoms with Gasteiger partial charge in [-0.05, 0) is 36.4 Å². The van der Waals surface area contributed by atoms with Gasteiger partial charge in [-0.2, -0.15) is 4.68 Å². The van der Waals surface area contributed by atoms with Crippen LogP contribution in [0.3, 0.4) is 0 Å². The smallest absolute Gasteiger partial charge is 0.239 e. The summed E-state index contributed by atoms with van der Waals surface area (Å²) in [5.74, 6) is -0.136. The number of carbonyl (C=O) groups is 1. The number of benzene rings is 1. The van der Waals surface area contributed by atoms with E-state index in [1.807, 2.05) is 43.5 Å². The van der Waals surface area contributed by atoms with Crippen molar-refractivity contribution < 1.29 is 4.79 Å². The SMILES string of the molecule is Cc1ccc(-n2nnnc2S[C@H](C)C(=O)Nc2nccs2)cc1. The van der Waals surface area contributed by atoms with Gasteiger partial charge in [0.2, 0.25) is 11.1 Å². The summed E-state index contributed by atoms with van der Waals surface area (Å²) in [6.07, 6.45) is 1.65. The van der Waals surface area contributed by atoms with Gasteiger partial charge in [0.1, 0.15) is 0 Å². The molecule has 0 radical (unpaired) electrons. The van der Waals surface area contributed by atoms with Crippen molar-refractivity contribution >= 4 is 34.1 Å². The molecule has 9 heteroatoms. The lowest BCUT2D eigenvalue weighted by Crippen LogP contribution is -2.22. The molecule has 1 atom stereocenters. The first kappa shape index (κ1) is 15.6. The molecule has 3 rings (SSSR count). The maximum absolute atomic E-state index is 12.2. The van der Waals surface area contributed by atoms with Gasteiger partial charge < -0.3 is 5.32 Å². The molecule has 0 fully saturated rings. The highest BCUT2D eigenvalue weighted by molar-refractivity contribution is 8.00. The molecular formula is C14H14N6OS2. The zero-order chi connectivity index (χ0) is 16.2. The minimum atomic E-state index is -0.353. The number of nitrogens with zero attached hydrogens (tertiary/aromatic N) is 5. The number of thiazole rings is 1. The number of rotatable bonds is 5. The molecule has 2 aromatic heterocycles. The third kappa shape index (κ3) is 3.74. The minimum Gasteiger partial charge on any atom is -0.301 e. The van der Waals surface area contributed by atoms with Crippen LogP contribution in [0.15, 0.2) is 41.0 Å². The van der Waals surface area contributed by atoms with E-state index in [0.717, 1.165) is 11.3 Å². The molecule has 118 valence electrons. The van der Waals surface area contributed by atoms with Gasteiger partial charge in [0, 0.05) is 11.6 Å². The Morgan fingerprint density at radius 2 is 2.13 bits per heavy atom. The first-order chi connectivity index (χ1) is 11.1. The predicted octanol–water partition coefficient (Wildman–Crippen LogP) is 2.55. The molecule has 3 aromatic rings. The van der Waals surface area contributed by atoms with E-state index in [9.17, 15) is 4.79 Å². The normalized spacial score (nSPS) is 12.1. The zero-order valence-electron chi connectivity index (χ0n) is 12.5. The second-order valence-corrected chi connectivity index (χ2v) is 7.00. The topological polar surface area (TPSA) is 85.6 Å². The quantitative estimate of drug-likeness (QED) is 0.715. The molecule has 0 aliphatic rings. The van der Waals surface area contributed by atoms with E-state index >= 15 is 0 Å². The maximum atomic E-state index is 12.2. The summed E-state index contributed by atoms with van der Waals surface area (Å²) in [6, 6.07) is 7.86. The van der Waals surface area contributed by atoms with Gasteiger partial charge in [-0.15, -0.1) is 16.4 Å². The molecule has 0 aliphatic carbocycles. The zero-order valence-corrected chi connectivity index (χ0v) is 14.1. The molecule has 0 saturated heterocycles. The van der Waals surface area contributed by atoms with Crippen LogP contribution >= 0.6 is 23.1 Å². The Hall–Kier alpha value is -2.26. The Morgan fingerprint density at radius 3 is 2.83 bits per heavy atom. The van der Waals surface area contributed by atoms with Gasteiger partial charge >= 0.3 is 0 Å². The van der Waals surface area contributed by atoms with E-state index in [4.69, 9.17) is 0 Å². The average molecular weight is 346 g/mol. The van der Waals surface area contributed by atoms with Crippen molar-refractivity contribution in [1.29, 1.82) is 0 Å². The summed E-state index contributed by atoms with van der Waals surface area (Å²) in [5, 5.41) is 17.1. The van der Waals surface area contributed by atoms with Crippen molar-refractivity contribution in [2.45, 2.75) is 24.3 Å². The van der Waals surface area contributed by atoms with E-state index in [2.05, 4.69) is 25.8 Å². The third-order valence-corrected chi connectivity index (χ3v) is 4.75. The van der Waals surface area contributed by atoms with Crippen LogP contribution in [0.5, 0.6) is 0 Å². The van der Waals surface area contributed by atoms with Crippen molar-refractivity contribution in [2.75, 3.05) is 5.32 Å². The van der Waals surface area contributed by atoms with Crippen molar-refractivity contribution in [3.8, 4) is 5.69 Å². The number of aromatic nitrogens is 5. The average Bonchev–Trinajstić information content (AvgIpc) is 3.20. The first-order valence-electron chi connectivity index (χ1n) is 6.86. The Labute approximate surface area is 141 Å². The Balaban J connectivity index is 1.72. The Kier molecular flexibility index (Phi) is 4.68. The number of tetrazole rings is 1. The van der Waals surface area contributed by atoms with E-state index in [1.54, 1.807) is 10.9 Å². The van der Waals surface area contributed by atoms with Crippen molar-refractivity contribution in [2.24, 2.45) is 0 Å². The lowest BCUT2D eigenvalue weighted by molar-refractivity contribution is -0.115. The van der Waals surface area contributed by atoms with Gasteiger partial charge in [0.05, 0.1) is 10.9 Å². The van der Waals surface area contributed by atoms with E-state index in [1.165, 1.54) is 23.1 Å². The molecular weight excluding hydrogens is 332 g/mol. The van der Waals surface area contributed by atoms with Gasteiger partial charge in [-0.25, -0.2) is 4.98 Å². The van der Waals surface area contributed by atoms with Crippen molar-refractivity contribution in [1.82, 2.24) is 25.2 Å². The number of nitrogens with one attached hydrogen (secondary N) is 1. The summed E-state index contributed by atoms with van der Waals surface area (Å²) < 4.78 is 1.62. The molecule has 1 N–H and O–H groups in total. The summed E-state index contributed by atoms with van der Waals surface area (Å²) in [6.45, 7) is 3.83. The highest BCUT2D eigenvalue weighted by Gasteiger charge is 2.19. The van der Waals surface area contributed by atoms with E-state index < -0.39 is 0 Å². The van der Waals surface area contributed by atoms with Crippen LogP contribution in [0.4, 0.5) is 5.13 Å². The van der Waals surface area contributed by atoms with Crippen LogP contribution in [0.1, 0.15) is 12.5 Å². The number of hydrogen-bond donors (Lipinski definition) is 1. The lowest BCUT2D eigenvalue weighted by atomic mass is 10.2. The van der Waals surface area contributed by atoms with Gasteiger partial charge in [-0.1, -0.05) is 29.5 Å². The molecule has 0 unspecified atom stereocenters. The highest BCUT2D eigenvalue weighted by atomic mass is 32.2. The van der Waals surface area contributed by atoms with Crippen molar-refractivity contribution in [3.05, 3.63) is 41.4 Å². The number of hydrogen-bond acceptors (Lipinski definition) is 7. The van der Waals surface area contributed by atoms with Gasteiger partial charge in [0.25, 0.3) is 0 Å². The monoisotopic (exact) mass is 346 g/mol. The van der Waals surface area contributed by atoms with Crippen LogP contribution in [-0.4, -0.2) is 36.3 Å². The largest absolute Gasteiger partial charge is 0.301 e. The molecule has 7 nitrogen and oxygen atoms in total. The lowest BCUT2D eigenvalue weighted by Gasteiger charge is -2.10. The summed E-state index contributed by atoms with van der Waals surface area (Å²) in [5.41, 5.74) is 2.02. The molecule has 0 saturated carbocycles. The van der Waals surface area contributed by atoms with Crippen LogP contribution in [0.2, 0.25) is 0 Å². The van der Waals surface area contributed by atoms with Crippen LogP contribution in [-0.2, 0) is 4.79 Å². The second kappa shape index (κ2) is 6.88. The Bertz CT molecular complexity index is 784. The summed E-state index contributed by atoms with van der Waals surface area (Å²) >= 11 is 2.68. The highest BCUT2D eigenvalue weighted by Crippen LogP contribution is 2.24. The fourth-order valence-electron chi connectivity index (χ4n) is 1.80. The molecule has 0 aliphatic heterocycles. The van der Waals surface area contributed by atoms with Gasteiger partial charge in [-0.3, -0.25) is 4.79 Å². The van der Waals surface area contributed by atoms with Gasteiger partial charge in [0.15, 0.2) is 5.13 Å². The van der Waals surface area contributed by atoms with E-state index in [0.29, 0.717) is 10.3 Å². The number of anilines is 1. The van der Waals surface area contributed by atoms with Crippen LogP contribution in [0, 0.1) is 6.92 Å².